The Kier molecular flexibility index (Phi) is 5.21. The molecule has 2 atom stereocenters. The third-order valence-corrected chi connectivity index (χ3v) is 5.00. The number of nitrogens with one attached hydrogen (secondary N) is 1. The summed E-state index contributed by atoms with van der Waals surface area (Å²) in [5.41, 5.74) is 1.34. The predicted octanol–water partition coefficient (Wildman–Crippen LogP) is 4.18. The molecule has 114 valence electrons. The summed E-state index contributed by atoms with van der Waals surface area (Å²) in [6, 6.07) is 0.552. The average molecular weight is 296 g/mol. The Morgan fingerprint density at radius 2 is 2.20 bits per heavy atom. The van der Waals surface area contributed by atoms with Gasteiger partial charge in [-0.1, -0.05) is 27.7 Å². The van der Waals surface area contributed by atoms with E-state index in [0.29, 0.717) is 6.04 Å². The molecule has 0 spiro atoms. The maximum Gasteiger partial charge on any atom is 0.122 e. The molecule has 1 aliphatic rings. The van der Waals surface area contributed by atoms with Gasteiger partial charge in [-0.05, 0) is 26.2 Å². The van der Waals surface area contributed by atoms with Crippen molar-refractivity contribution in [3.63, 3.8) is 0 Å². The average Bonchev–Trinajstić information content (AvgIpc) is 3.03. The number of aromatic nitrogens is 1. The third kappa shape index (κ3) is 3.80. The highest BCUT2D eigenvalue weighted by molar-refractivity contribution is 7.11. The summed E-state index contributed by atoms with van der Waals surface area (Å²) < 4.78 is 5.79. The van der Waals surface area contributed by atoms with E-state index in [0.717, 1.165) is 32.4 Å². The van der Waals surface area contributed by atoms with Crippen molar-refractivity contribution in [2.45, 2.75) is 78.0 Å². The highest BCUT2D eigenvalue weighted by Gasteiger charge is 2.28. The predicted molar refractivity (Wildman–Crippen MR) is 85.3 cm³/mol. The molecule has 0 radical (unpaired) electrons. The van der Waals surface area contributed by atoms with Gasteiger partial charge in [-0.2, -0.15) is 0 Å². The van der Waals surface area contributed by atoms with Gasteiger partial charge >= 0.3 is 0 Å². The molecule has 2 heterocycles. The van der Waals surface area contributed by atoms with Crippen LogP contribution in [0.5, 0.6) is 0 Å². The van der Waals surface area contributed by atoms with E-state index in [2.05, 4.69) is 39.9 Å². The summed E-state index contributed by atoms with van der Waals surface area (Å²) in [7, 11) is 0. The van der Waals surface area contributed by atoms with Crippen molar-refractivity contribution in [2.75, 3.05) is 6.61 Å². The van der Waals surface area contributed by atoms with E-state index >= 15 is 0 Å². The molecule has 1 aromatic heterocycles. The van der Waals surface area contributed by atoms with Crippen molar-refractivity contribution >= 4 is 11.3 Å². The Morgan fingerprint density at radius 3 is 2.75 bits per heavy atom. The summed E-state index contributed by atoms with van der Waals surface area (Å²) in [6.45, 7) is 13.0. The summed E-state index contributed by atoms with van der Waals surface area (Å²) in [4.78, 5) is 6.30. The molecule has 2 rings (SSSR count). The Morgan fingerprint density at radius 1 is 1.45 bits per heavy atom. The van der Waals surface area contributed by atoms with Gasteiger partial charge in [0.25, 0.3) is 0 Å². The molecule has 0 aromatic carbocycles. The first-order valence-electron chi connectivity index (χ1n) is 7.77. The lowest BCUT2D eigenvalue weighted by molar-refractivity contribution is 0.111. The second-order valence-corrected chi connectivity index (χ2v) is 7.88. The van der Waals surface area contributed by atoms with Gasteiger partial charge < -0.3 is 10.1 Å². The quantitative estimate of drug-likeness (QED) is 0.885. The van der Waals surface area contributed by atoms with Crippen molar-refractivity contribution in [1.82, 2.24) is 10.3 Å². The van der Waals surface area contributed by atoms with Gasteiger partial charge in [0, 0.05) is 29.5 Å². The summed E-state index contributed by atoms with van der Waals surface area (Å²) >= 11 is 1.84. The Labute approximate surface area is 127 Å². The largest absolute Gasteiger partial charge is 0.371 e. The molecule has 2 unspecified atom stereocenters. The zero-order chi connectivity index (χ0) is 14.8. The van der Waals surface area contributed by atoms with Gasteiger partial charge in [0.1, 0.15) is 11.1 Å². The number of ether oxygens (including phenoxy) is 1. The van der Waals surface area contributed by atoms with Crippen LogP contribution >= 0.6 is 11.3 Å². The van der Waals surface area contributed by atoms with Crippen molar-refractivity contribution in [2.24, 2.45) is 0 Å². The van der Waals surface area contributed by atoms with E-state index in [9.17, 15) is 0 Å². The molecule has 4 heteroatoms. The van der Waals surface area contributed by atoms with E-state index in [4.69, 9.17) is 9.72 Å². The fourth-order valence-corrected chi connectivity index (χ4v) is 3.71. The van der Waals surface area contributed by atoms with Crippen molar-refractivity contribution in [3.8, 4) is 0 Å². The summed E-state index contributed by atoms with van der Waals surface area (Å²) in [6.07, 6.45) is 3.67. The van der Waals surface area contributed by atoms with Crippen LogP contribution in [0.1, 0.15) is 75.6 Å². The smallest absolute Gasteiger partial charge is 0.122 e. The molecular formula is C16H28N2OS. The zero-order valence-corrected chi connectivity index (χ0v) is 14.3. The first-order chi connectivity index (χ1) is 9.41. The molecule has 0 aliphatic carbocycles. The minimum Gasteiger partial charge on any atom is -0.371 e. The molecule has 0 bridgehead atoms. The van der Waals surface area contributed by atoms with Gasteiger partial charge in [0.2, 0.25) is 0 Å². The fraction of sp³-hybridized carbons (Fsp3) is 0.812. The van der Waals surface area contributed by atoms with Gasteiger partial charge in [-0.15, -0.1) is 11.3 Å². The SMILES string of the molecule is CCC(C)NCc1sc(C2CCCO2)nc1C(C)(C)C. The first-order valence-corrected chi connectivity index (χ1v) is 8.58. The van der Waals surface area contributed by atoms with Crippen LogP contribution in [-0.2, 0) is 16.7 Å². The van der Waals surface area contributed by atoms with Crippen LogP contribution in [0.2, 0.25) is 0 Å². The van der Waals surface area contributed by atoms with E-state index < -0.39 is 0 Å². The van der Waals surface area contributed by atoms with E-state index in [-0.39, 0.29) is 11.5 Å². The minimum atomic E-state index is 0.0970. The first kappa shape index (κ1) is 15.9. The molecule has 1 N–H and O–H groups in total. The maximum atomic E-state index is 5.79. The molecule has 1 aromatic rings. The standard InChI is InChI=1S/C16H28N2OS/c1-6-11(2)17-10-13-14(16(3,4)5)18-15(20-13)12-8-7-9-19-12/h11-12,17H,6-10H2,1-5H3. The number of hydrogen-bond acceptors (Lipinski definition) is 4. The van der Waals surface area contributed by atoms with Gasteiger partial charge in [0.05, 0.1) is 5.69 Å². The van der Waals surface area contributed by atoms with Crippen LogP contribution in [0.25, 0.3) is 0 Å². The lowest BCUT2D eigenvalue weighted by Crippen LogP contribution is -2.25. The maximum absolute atomic E-state index is 5.79. The summed E-state index contributed by atoms with van der Waals surface area (Å²) in [5, 5.41) is 4.77. The molecule has 1 aliphatic heterocycles. The lowest BCUT2D eigenvalue weighted by atomic mass is 9.91. The highest BCUT2D eigenvalue weighted by atomic mass is 32.1. The second-order valence-electron chi connectivity index (χ2n) is 6.77. The van der Waals surface area contributed by atoms with Crippen LogP contribution < -0.4 is 5.32 Å². The third-order valence-electron chi connectivity index (χ3n) is 3.85. The number of thiazole rings is 1. The molecule has 0 saturated carbocycles. The highest BCUT2D eigenvalue weighted by Crippen LogP contribution is 2.36. The number of nitrogens with zero attached hydrogens (tertiary/aromatic N) is 1. The zero-order valence-electron chi connectivity index (χ0n) is 13.5. The molecule has 1 saturated heterocycles. The van der Waals surface area contributed by atoms with Crippen molar-refractivity contribution < 1.29 is 4.74 Å². The van der Waals surface area contributed by atoms with E-state index in [1.54, 1.807) is 0 Å². The fourth-order valence-electron chi connectivity index (χ4n) is 2.40. The van der Waals surface area contributed by atoms with Gasteiger partial charge in [-0.25, -0.2) is 4.98 Å². The Bertz CT molecular complexity index is 430. The van der Waals surface area contributed by atoms with Crippen LogP contribution in [-0.4, -0.2) is 17.6 Å². The number of rotatable bonds is 5. The Hall–Kier alpha value is -0.450. The molecule has 20 heavy (non-hydrogen) atoms. The Balaban J connectivity index is 2.18. The lowest BCUT2D eigenvalue weighted by Gasteiger charge is -2.19. The van der Waals surface area contributed by atoms with Gasteiger partial charge in [-0.3, -0.25) is 0 Å². The molecule has 3 nitrogen and oxygen atoms in total. The minimum absolute atomic E-state index is 0.0970. The van der Waals surface area contributed by atoms with Crippen molar-refractivity contribution in [1.29, 1.82) is 0 Å². The van der Waals surface area contributed by atoms with E-state index in [1.165, 1.54) is 15.6 Å². The second kappa shape index (κ2) is 6.54. The van der Waals surface area contributed by atoms with E-state index in [1.807, 2.05) is 11.3 Å². The summed E-state index contributed by atoms with van der Waals surface area (Å²) in [5.74, 6) is 0. The normalized spacial score (nSPS) is 21.4. The monoisotopic (exact) mass is 296 g/mol. The van der Waals surface area contributed by atoms with Crippen LogP contribution in [0.4, 0.5) is 0 Å². The van der Waals surface area contributed by atoms with Gasteiger partial charge in [0.15, 0.2) is 0 Å². The molecule has 0 amide bonds. The molecule has 1 fully saturated rings. The molecular weight excluding hydrogens is 268 g/mol. The number of hydrogen-bond donors (Lipinski definition) is 1. The topological polar surface area (TPSA) is 34.1 Å². The van der Waals surface area contributed by atoms with Crippen LogP contribution in [0, 0.1) is 0 Å². The van der Waals surface area contributed by atoms with Crippen molar-refractivity contribution in [3.05, 3.63) is 15.6 Å². The van der Waals surface area contributed by atoms with Crippen LogP contribution in [0.15, 0.2) is 0 Å². The van der Waals surface area contributed by atoms with Crippen LogP contribution in [0.3, 0.4) is 0 Å².